The minimum Gasteiger partial charge on any atom is -0.437 e. The summed E-state index contributed by atoms with van der Waals surface area (Å²) in [4.78, 5) is 21.4. The third kappa shape index (κ3) is 4.44. The van der Waals surface area contributed by atoms with Gasteiger partial charge in [-0.2, -0.15) is 0 Å². The van der Waals surface area contributed by atoms with Crippen LogP contribution in [-0.2, 0) is 9.57 Å². The van der Waals surface area contributed by atoms with Crippen molar-refractivity contribution >= 4 is 34.1 Å². The fourth-order valence-electron chi connectivity index (χ4n) is 4.75. The maximum absolute atomic E-state index is 15.7. The normalized spacial score (nSPS) is 17.1. The third-order valence-corrected chi connectivity index (χ3v) is 6.58. The average molecular weight is 519 g/mol. The topological polar surface area (TPSA) is 87.7 Å². The number of carbonyl (C=O) groups is 1. The molecule has 3 aromatic carbocycles. The van der Waals surface area contributed by atoms with Crippen molar-refractivity contribution in [2.24, 2.45) is 5.16 Å². The largest absolute Gasteiger partial charge is 0.437 e. The van der Waals surface area contributed by atoms with Gasteiger partial charge in [-0.3, -0.25) is 5.32 Å². The molecule has 9 heteroatoms. The van der Waals surface area contributed by atoms with Crippen molar-refractivity contribution in [3.8, 4) is 11.1 Å². The number of hydrogen-bond donors (Lipinski definition) is 3. The number of aromatic nitrogens is 1. The van der Waals surface area contributed by atoms with E-state index in [-0.39, 0.29) is 29.1 Å². The molecule has 0 bridgehead atoms. The maximum atomic E-state index is 15.7. The van der Waals surface area contributed by atoms with E-state index in [0.29, 0.717) is 16.8 Å². The number of aromatic amines is 1. The average Bonchev–Trinajstić information content (AvgIpc) is 3.28. The molecule has 0 spiro atoms. The standard InChI is InChI=1S/C29H28F2N4O3/c1-5-37-35-26-21-14-20(19-13-9-12-18-16(2)15-32-24(18)19)22(30)23(31)25(21)34-29(3,4)27(26)38-28(36)33-17-10-7-6-8-11-17/h6-15,27,32,34H,5H2,1-4H3,(H,33,36)/b35-26+. The number of H-pyrrole nitrogens is 1. The molecule has 1 aliphatic rings. The molecule has 0 saturated carbocycles. The molecule has 0 aliphatic carbocycles. The number of anilines is 2. The molecule has 1 aromatic heterocycles. The minimum absolute atomic E-state index is 0.0480. The van der Waals surface area contributed by atoms with Gasteiger partial charge in [-0.25, -0.2) is 13.6 Å². The molecule has 3 N–H and O–H groups in total. The Morgan fingerprint density at radius 1 is 1.05 bits per heavy atom. The summed E-state index contributed by atoms with van der Waals surface area (Å²) in [5.74, 6) is -2.05. The minimum atomic E-state index is -1.05. The number of rotatable bonds is 5. The van der Waals surface area contributed by atoms with E-state index in [1.54, 1.807) is 57.2 Å². The van der Waals surface area contributed by atoms with Crippen LogP contribution in [0.15, 0.2) is 65.9 Å². The molecular weight excluding hydrogens is 490 g/mol. The Balaban J connectivity index is 1.62. The Bertz CT molecular complexity index is 1550. The van der Waals surface area contributed by atoms with Gasteiger partial charge in [0.15, 0.2) is 17.7 Å². The number of benzene rings is 3. The Morgan fingerprint density at radius 2 is 1.82 bits per heavy atom. The lowest BCUT2D eigenvalue weighted by Gasteiger charge is -2.41. The van der Waals surface area contributed by atoms with Crippen molar-refractivity contribution in [3.05, 3.63) is 83.6 Å². The quantitative estimate of drug-likeness (QED) is 0.249. The highest BCUT2D eigenvalue weighted by molar-refractivity contribution is 6.12. The first-order valence-corrected chi connectivity index (χ1v) is 12.3. The number of carbonyl (C=O) groups excluding carboxylic acids is 1. The Morgan fingerprint density at radius 3 is 2.55 bits per heavy atom. The number of amides is 1. The molecular formula is C29H28F2N4O3. The zero-order valence-electron chi connectivity index (χ0n) is 21.5. The second kappa shape index (κ2) is 9.81. The van der Waals surface area contributed by atoms with E-state index in [9.17, 15) is 4.79 Å². The molecule has 0 radical (unpaired) electrons. The van der Waals surface area contributed by atoms with Crippen LogP contribution < -0.4 is 10.6 Å². The highest BCUT2D eigenvalue weighted by atomic mass is 19.2. The molecule has 1 unspecified atom stereocenters. The van der Waals surface area contributed by atoms with Gasteiger partial charge < -0.3 is 19.9 Å². The molecule has 38 heavy (non-hydrogen) atoms. The highest BCUT2D eigenvalue weighted by Gasteiger charge is 2.45. The summed E-state index contributed by atoms with van der Waals surface area (Å²) in [5, 5.41) is 10.8. The van der Waals surface area contributed by atoms with Crippen LogP contribution in [0.2, 0.25) is 0 Å². The van der Waals surface area contributed by atoms with Gasteiger partial charge in [-0.05, 0) is 51.5 Å². The van der Waals surface area contributed by atoms with Crippen molar-refractivity contribution in [1.82, 2.24) is 4.98 Å². The van der Waals surface area contributed by atoms with Crippen molar-refractivity contribution in [2.45, 2.75) is 39.3 Å². The number of nitrogens with zero attached hydrogens (tertiary/aromatic N) is 1. The molecule has 0 fully saturated rings. The van der Waals surface area contributed by atoms with Crippen LogP contribution in [0, 0.1) is 18.6 Å². The first kappa shape index (κ1) is 25.3. The van der Waals surface area contributed by atoms with Crippen LogP contribution in [0.3, 0.4) is 0 Å². The molecule has 5 rings (SSSR count). The predicted molar refractivity (Wildman–Crippen MR) is 145 cm³/mol. The summed E-state index contributed by atoms with van der Waals surface area (Å²) in [7, 11) is 0. The number of para-hydroxylation sites is 2. The van der Waals surface area contributed by atoms with E-state index in [0.717, 1.165) is 10.9 Å². The molecule has 1 amide bonds. The molecule has 196 valence electrons. The lowest BCUT2D eigenvalue weighted by molar-refractivity contribution is 0.105. The second-order valence-corrected chi connectivity index (χ2v) is 9.69. The number of nitrogens with one attached hydrogen (secondary N) is 3. The lowest BCUT2D eigenvalue weighted by Crippen LogP contribution is -2.55. The van der Waals surface area contributed by atoms with Crippen LogP contribution in [0.25, 0.3) is 22.0 Å². The zero-order valence-corrected chi connectivity index (χ0v) is 21.5. The van der Waals surface area contributed by atoms with E-state index in [1.807, 2.05) is 25.3 Å². The monoisotopic (exact) mass is 518 g/mol. The van der Waals surface area contributed by atoms with Gasteiger partial charge in [0, 0.05) is 34.0 Å². The van der Waals surface area contributed by atoms with Crippen LogP contribution in [-0.4, -0.2) is 35.0 Å². The van der Waals surface area contributed by atoms with Gasteiger partial charge in [-0.1, -0.05) is 41.6 Å². The van der Waals surface area contributed by atoms with Gasteiger partial charge in [0.25, 0.3) is 0 Å². The van der Waals surface area contributed by atoms with Gasteiger partial charge in [-0.15, -0.1) is 0 Å². The summed E-state index contributed by atoms with van der Waals surface area (Å²) < 4.78 is 37.1. The Hall–Kier alpha value is -4.40. The number of aryl methyl sites for hydroxylation is 1. The van der Waals surface area contributed by atoms with Gasteiger partial charge in [0.05, 0.1) is 16.7 Å². The maximum Gasteiger partial charge on any atom is 0.412 e. The van der Waals surface area contributed by atoms with Gasteiger partial charge in [0.2, 0.25) is 0 Å². The molecule has 4 aromatic rings. The van der Waals surface area contributed by atoms with Crippen LogP contribution in [0.1, 0.15) is 31.9 Å². The summed E-state index contributed by atoms with van der Waals surface area (Å²) >= 11 is 0. The summed E-state index contributed by atoms with van der Waals surface area (Å²) in [5.41, 5.74) is 2.05. The molecule has 1 atom stereocenters. The highest BCUT2D eigenvalue weighted by Crippen LogP contribution is 2.41. The van der Waals surface area contributed by atoms with E-state index in [4.69, 9.17) is 9.57 Å². The summed E-state index contributed by atoms with van der Waals surface area (Å²) in [6, 6.07) is 15.8. The van der Waals surface area contributed by atoms with Crippen LogP contribution in [0.5, 0.6) is 0 Å². The molecule has 2 heterocycles. The number of halogens is 2. The second-order valence-electron chi connectivity index (χ2n) is 9.69. The Labute approximate surface area is 218 Å². The van der Waals surface area contributed by atoms with Gasteiger partial charge >= 0.3 is 6.09 Å². The number of ether oxygens (including phenoxy) is 1. The Kier molecular flexibility index (Phi) is 6.52. The van der Waals surface area contributed by atoms with E-state index in [2.05, 4.69) is 20.8 Å². The fraction of sp³-hybridized carbons (Fsp3) is 0.241. The van der Waals surface area contributed by atoms with Crippen LogP contribution in [0.4, 0.5) is 25.0 Å². The summed E-state index contributed by atoms with van der Waals surface area (Å²) in [6.45, 7) is 7.35. The van der Waals surface area contributed by atoms with Crippen molar-refractivity contribution in [2.75, 3.05) is 17.2 Å². The number of hydrogen-bond acceptors (Lipinski definition) is 5. The summed E-state index contributed by atoms with van der Waals surface area (Å²) in [6.07, 6.45) is 0.104. The van der Waals surface area contributed by atoms with E-state index < -0.39 is 29.4 Å². The smallest absolute Gasteiger partial charge is 0.412 e. The molecule has 1 aliphatic heterocycles. The lowest BCUT2D eigenvalue weighted by atomic mass is 9.83. The van der Waals surface area contributed by atoms with Gasteiger partial charge in [0.1, 0.15) is 12.3 Å². The zero-order chi connectivity index (χ0) is 27.0. The molecule has 0 saturated heterocycles. The number of oxime groups is 1. The number of fused-ring (bicyclic) bond motifs is 2. The van der Waals surface area contributed by atoms with Crippen LogP contribution >= 0.6 is 0 Å². The molecule has 7 nitrogen and oxygen atoms in total. The van der Waals surface area contributed by atoms with Crippen molar-refractivity contribution in [1.29, 1.82) is 0 Å². The fourth-order valence-corrected chi connectivity index (χ4v) is 4.75. The predicted octanol–water partition coefficient (Wildman–Crippen LogP) is 6.98. The third-order valence-electron chi connectivity index (χ3n) is 6.58. The van der Waals surface area contributed by atoms with E-state index in [1.165, 1.54) is 6.07 Å². The van der Waals surface area contributed by atoms with Crippen molar-refractivity contribution in [3.63, 3.8) is 0 Å². The first-order valence-electron chi connectivity index (χ1n) is 12.3. The first-order chi connectivity index (χ1) is 18.2. The van der Waals surface area contributed by atoms with E-state index >= 15 is 8.78 Å². The SMILES string of the molecule is CCO/N=C1\c2cc(-c3cccc4c(C)c[nH]c34)c(F)c(F)c2NC(C)(C)C1OC(=O)Nc1ccccc1. The van der Waals surface area contributed by atoms with Crippen molar-refractivity contribution < 1.29 is 23.1 Å².